The summed E-state index contributed by atoms with van der Waals surface area (Å²) in [5, 5.41) is 14.3. The van der Waals surface area contributed by atoms with Crippen molar-refractivity contribution in [2.75, 3.05) is 79.8 Å². The number of phenols is 1. The topological polar surface area (TPSA) is 188 Å². The van der Waals surface area contributed by atoms with Gasteiger partial charge in [0, 0.05) is 45.8 Å². The summed E-state index contributed by atoms with van der Waals surface area (Å²) in [6.07, 6.45) is 8.31. The number of methoxy groups -OCH3 is 2. The van der Waals surface area contributed by atoms with Crippen LogP contribution in [0.3, 0.4) is 0 Å². The van der Waals surface area contributed by atoms with Crippen molar-refractivity contribution in [1.29, 1.82) is 0 Å². The third kappa shape index (κ3) is 13.6. The molecular formula is C40H51N7O8. The molecule has 1 atom stereocenters. The lowest BCUT2D eigenvalue weighted by molar-refractivity contribution is -0.147. The smallest absolute Gasteiger partial charge is 0.243 e. The molecule has 2 aromatic carbocycles. The zero-order valence-electron chi connectivity index (χ0n) is 31.5. The highest BCUT2D eigenvalue weighted by Gasteiger charge is 2.29. The molecule has 4 N–H and O–H groups in total. The number of para-hydroxylation sites is 1. The van der Waals surface area contributed by atoms with Crippen molar-refractivity contribution in [3.05, 3.63) is 96.2 Å². The number of phenolic OH excluding ortho intramolecular Hbond substituents is 1. The number of rotatable bonds is 22. The highest BCUT2D eigenvalue weighted by atomic mass is 16.5. The molecule has 15 heteroatoms. The second-order valence-corrected chi connectivity index (χ2v) is 13.2. The van der Waals surface area contributed by atoms with Gasteiger partial charge in [0.15, 0.2) is 0 Å². The Bertz CT molecular complexity index is 1820. The number of aromatic hydroxyl groups is 1. The number of aromatic nitrogens is 1. The lowest BCUT2D eigenvalue weighted by Gasteiger charge is -2.32. The van der Waals surface area contributed by atoms with E-state index in [0.717, 1.165) is 5.56 Å². The van der Waals surface area contributed by atoms with E-state index in [0.29, 0.717) is 36.2 Å². The van der Waals surface area contributed by atoms with Crippen LogP contribution in [-0.2, 0) is 46.5 Å². The molecule has 0 bridgehead atoms. The summed E-state index contributed by atoms with van der Waals surface area (Å²) in [5.74, 6) is -2.76. The largest absolute Gasteiger partial charge is 0.506 e. The number of ether oxygens (including phenoxy) is 2. The fourth-order valence-corrected chi connectivity index (χ4v) is 5.98. The number of nitrogens with one attached hydrogen (secondary N) is 1. The van der Waals surface area contributed by atoms with Gasteiger partial charge in [-0.25, -0.2) is 4.98 Å². The average molecular weight is 758 g/mol. The Balaban J connectivity index is 1.65. The molecule has 294 valence electrons. The third-order valence-corrected chi connectivity index (χ3v) is 8.91. The van der Waals surface area contributed by atoms with Gasteiger partial charge in [-0.05, 0) is 30.0 Å². The van der Waals surface area contributed by atoms with Crippen molar-refractivity contribution in [3.63, 3.8) is 0 Å². The number of amides is 5. The molecule has 3 aromatic rings. The van der Waals surface area contributed by atoms with Gasteiger partial charge >= 0.3 is 0 Å². The van der Waals surface area contributed by atoms with Crippen molar-refractivity contribution < 1.29 is 38.6 Å². The van der Waals surface area contributed by atoms with Crippen LogP contribution in [0.2, 0.25) is 0 Å². The van der Waals surface area contributed by atoms with Crippen LogP contribution in [0.5, 0.6) is 5.75 Å². The van der Waals surface area contributed by atoms with E-state index in [1.54, 1.807) is 31.4 Å². The molecule has 55 heavy (non-hydrogen) atoms. The van der Waals surface area contributed by atoms with Gasteiger partial charge in [-0.1, -0.05) is 72.8 Å². The molecule has 0 saturated carbocycles. The first-order chi connectivity index (χ1) is 26.6. The van der Waals surface area contributed by atoms with Gasteiger partial charge in [0.1, 0.15) is 24.4 Å². The molecule has 4 rings (SSSR count). The number of pyridine rings is 1. The van der Waals surface area contributed by atoms with Crippen molar-refractivity contribution in [2.45, 2.75) is 19.5 Å². The van der Waals surface area contributed by atoms with E-state index in [4.69, 9.17) is 15.2 Å². The van der Waals surface area contributed by atoms with E-state index in [1.807, 2.05) is 54.6 Å². The van der Waals surface area contributed by atoms with Crippen LogP contribution < -0.4 is 11.1 Å². The van der Waals surface area contributed by atoms with Gasteiger partial charge in [-0.3, -0.25) is 24.0 Å². The number of nitrogens with two attached hydrogens (primary N) is 1. The maximum atomic E-state index is 14.4. The number of carbonyl (C=O) groups excluding carboxylic acids is 5. The molecule has 0 spiro atoms. The monoisotopic (exact) mass is 757 g/mol. The van der Waals surface area contributed by atoms with E-state index in [1.165, 1.54) is 32.8 Å². The Kier molecular flexibility index (Phi) is 16.8. The molecule has 0 fully saturated rings. The Morgan fingerprint density at radius 3 is 2.16 bits per heavy atom. The Hall–Kier alpha value is -5.64. The average Bonchev–Trinajstić information content (AvgIpc) is 3.18. The summed E-state index contributed by atoms with van der Waals surface area (Å²) in [4.78, 5) is 77.6. The van der Waals surface area contributed by atoms with E-state index < -0.39 is 30.2 Å². The normalized spacial score (nSPS) is 13.4. The van der Waals surface area contributed by atoms with Crippen molar-refractivity contribution in [3.8, 4) is 5.75 Å². The lowest BCUT2D eigenvalue weighted by Crippen LogP contribution is -2.51. The number of allylic oxidation sites excluding steroid dienone is 3. The third-order valence-electron chi connectivity index (χ3n) is 8.91. The van der Waals surface area contributed by atoms with Crippen LogP contribution in [0.4, 0.5) is 0 Å². The minimum absolute atomic E-state index is 0.0397. The predicted octanol–water partition coefficient (Wildman–Crippen LogP) is 1.46. The summed E-state index contributed by atoms with van der Waals surface area (Å²) in [7, 11) is 3.03. The predicted molar refractivity (Wildman–Crippen MR) is 206 cm³/mol. The molecule has 0 aliphatic heterocycles. The second kappa shape index (κ2) is 21.9. The maximum Gasteiger partial charge on any atom is 0.243 e. The zero-order valence-corrected chi connectivity index (χ0v) is 31.5. The van der Waals surface area contributed by atoms with Gasteiger partial charge in [0.05, 0.1) is 45.1 Å². The first-order valence-corrected chi connectivity index (χ1v) is 18.1. The number of benzene rings is 2. The highest BCUT2D eigenvalue weighted by Crippen LogP contribution is 2.23. The summed E-state index contributed by atoms with van der Waals surface area (Å²) in [6, 6.07) is 17.7. The zero-order chi connectivity index (χ0) is 39.6. The number of primary amides is 1. The lowest BCUT2D eigenvalue weighted by atomic mass is 10.00. The fourth-order valence-electron chi connectivity index (χ4n) is 5.98. The van der Waals surface area contributed by atoms with E-state index >= 15 is 0 Å². The summed E-state index contributed by atoms with van der Waals surface area (Å²) in [5.41, 5.74) is 6.97. The molecular weight excluding hydrogens is 706 g/mol. The van der Waals surface area contributed by atoms with Crippen LogP contribution in [0.1, 0.15) is 17.7 Å². The van der Waals surface area contributed by atoms with Crippen molar-refractivity contribution in [2.24, 2.45) is 11.7 Å². The Morgan fingerprint density at radius 1 is 0.782 bits per heavy atom. The molecule has 5 amide bonds. The number of fused-ring (bicyclic) bond motifs is 1. The fraction of sp³-hybridized carbons (Fsp3) is 0.400. The standard InChI is InChI=1S/C40H51N7O8/c1-54-20-18-42-22-36(50)45(23-30-10-5-3-6-11-30)28-39(53)47(25-33-17-16-32-14-9-15-34(48)40(32)43-33)29-38(52)46(24-31-12-7-4-8-13-31)27-37(51)44(19-21-55-2)26-35(41)49/h3-12,14-17,31,42,48H,13,18-29H2,1-2H3,(H2,41,49). The van der Waals surface area contributed by atoms with Crippen LogP contribution in [-0.4, -0.2) is 139 Å². The molecule has 0 radical (unpaired) electrons. The van der Waals surface area contributed by atoms with Gasteiger partial charge in [-0.2, -0.15) is 0 Å². The van der Waals surface area contributed by atoms with Gasteiger partial charge in [0.25, 0.3) is 0 Å². The molecule has 1 aliphatic rings. The first-order valence-electron chi connectivity index (χ1n) is 18.1. The minimum Gasteiger partial charge on any atom is -0.506 e. The van der Waals surface area contributed by atoms with Crippen LogP contribution in [0.15, 0.2) is 85.0 Å². The van der Waals surface area contributed by atoms with Gasteiger partial charge in [-0.15, -0.1) is 0 Å². The van der Waals surface area contributed by atoms with Gasteiger partial charge in [0.2, 0.25) is 29.5 Å². The van der Waals surface area contributed by atoms with Crippen LogP contribution in [0.25, 0.3) is 10.9 Å². The Morgan fingerprint density at radius 2 is 1.47 bits per heavy atom. The number of hydrogen-bond donors (Lipinski definition) is 3. The molecule has 15 nitrogen and oxygen atoms in total. The van der Waals surface area contributed by atoms with Crippen molar-refractivity contribution >= 4 is 40.4 Å². The Labute approximate surface area is 321 Å². The van der Waals surface area contributed by atoms with Crippen LogP contribution >= 0.6 is 0 Å². The minimum atomic E-state index is -0.711. The van der Waals surface area contributed by atoms with E-state index in [-0.39, 0.29) is 76.5 Å². The van der Waals surface area contributed by atoms with Gasteiger partial charge < -0.3 is 45.2 Å². The maximum absolute atomic E-state index is 14.4. The summed E-state index contributed by atoms with van der Waals surface area (Å²) >= 11 is 0. The van der Waals surface area contributed by atoms with Crippen molar-refractivity contribution in [1.82, 2.24) is 29.9 Å². The van der Waals surface area contributed by atoms with E-state index in [2.05, 4.69) is 10.3 Å². The molecule has 0 saturated heterocycles. The van der Waals surface area contributed by atoms with E-state index in [9.17, 15) is 29.1 Å². The quantitative estimate of drug-likeness (QED) is 0.127. The number of carbonyl (C=O) groups is 5. The highest BCUT2D eigenvalue weighted by molar-refractivity contribution is 5.91. The number of hydrogen-bond acceptors (Lipinski definition) is 10. The molecule has 1 heterocycles. The first kappa shape index (κ1) is 42.1. The number of nitrogens with zero attached hydrogens (tertiary/aromatic N) is 5. The molecule has 1 unspecified atom stereocenters. The SMILES string of the molecule is COCCNCC(=O)N(CC(=O)N(CC(=O)N(CC(=O)N(CCOC)CC(N)=O)CC1C=CC=CC1)Cc1ccc2cccc(O)c2n1)Cc1ccccc1. The molecule has 1 aliphatic carbocycles. The second-order valence-electron chi connectivity index (χ2n) is 13.2. The summed E-state index contributed by atoms with van der Waals surface area (Å²) in [6.45, 7) is -0.350. The van der Waals surface area contributed by atoms with Crippen LogP contribution in [0, 0.1) is 5.92 Å². The summed E-state index contributed by atoms with van der Waals surface area (Å²) < 4.78 is 10.2. The molecule has 1 aromatic heterocycles.